The molecule has 0 atom stereocenters. The van der Waals surface area contributed by atoms with Crippen molar-refractivity contribution >= 4 is 35.0 Å². The van der Waals surface area contributed by atoms with E-state index in [0.717, 1.165) is 0 Å². The number of nitrogens with two attached hydrogens (primary N) is 1. The van der Waals surface area contributed by atoms with Crippen molar-refractivity contribution in [2.45, 2.75) is 12.8 Å². The standard InChI is InChI=1S/C11H13NO4.Mg.2H/c12-7-3-6-10(13)16-9-5-2-1-4-8(9)11(14)15;;;/h1-2,4-5H,3,6-7,12H2,(H,14,15);;;. The summed E-state index contributed by atoms with van der Waals surface area (Å²) < 4.78 is 4.93. The van der Waals surface area contributed by atoms with Crippen molar-refractivity contribution in [1.82, 2.24) is 0 Å². The molecular formula is C11H15MgNO4. The SMILES string of the molecule is NCCCC(=O)Oc1ccccc1C(=O)O.[MgH2]. The predicted molar refractivity (Wildman–Crippen MR) is 65.9 cm³/mol. The lowest BCUT2D eigenvalue weighted by molar-refractivity contribution is -0.134. The summed E-state index contributed by atoms with van der Waals surface area (Å²) in [6.45, 7) is 0.398. The number of hydrogen-bond donors (Lipinski definition) is 2. The van der Waals surface area contributed by atoms with Crippen LogP contribution in [0.25, 0.3) is 0 Å². The number of carboxylic acids is 1. The summed E-state index contributed by atoms with van der Waals surface area (Å²) in [5, 5.41) is 8.84. The van der Waals surface area contributed by atoms with E-state index in [-0.39, 0.29) is 40.8 Å². The van der Waals surface area contributed by atoms with Gasteiger partial charge >= 0.3 is 35.0 Å². The highest BCUT2D eigenvalue weighted by Crippen LogP contribution is 2.18. The van der Waals surface area contributed by atoms with Gasteiger partial charge in [-0.3, -0.25) is 4.79 Å². The fourth-order valence-electron chi connectivity index (χ4n) is 1.15. The zero-order chi connectivity index (χ0) is 12.0. The first kappa shape index (κ1) is 15.9. The molecule has 90 valence electrons. The quantitative estimate of drug-likeness (QED) is 0.439. The minimum absolute atomic E-state index is 0. The highest BCUT2D eigenvalue weighted by molar-refractivity contribution is 5.91. The van der Waals surface area contributed by atoms with E-state index in [1.165, 1.54) is 12.1 Å². The van der Waals surface area contributed by atoms with Gasteiger partial charge in [0.2, 0.25) is 0 Å². The summed E-state index contributed by atoms with van der Waals surface area (Å²) in [6, 6.07) is 6.01. The molecule has 6 heteroatoms. The van der Waals surface area contributed by atoms with Crippen molar-refractivity contribution in [2.24, 2.45) is 5.73 Å². The van der Waals surface area contributed by atoms with Gasteiger partial charge in [0.1, 0.15) is 11.3 Å². The maximum absolute atomic E-state index is 11.3. The summed E-state index contributed by atoms with van der Waals surface area (Å²) in [6.07, 6.45) is 0.707. The predicted octanol–water partition coefficient (Wildman–Crippen LogP) is 0.113. The number of ether oxygens (including phenoxy) is 1. The Balaban J connectivity index is 0.00000256. The second-order valence-corrected chi connectivity index (χ2v) is 3.17. The molecule has 5 nitrogen and oxygen atoms in total. The Labute approximate surface area is 115 Å². The molecule has 0 aliphatic heterocycles. The molecule has 0 unspecified atom stereocenters. The van der Waals surface area contributed by atoms with Crippen LogP contribution in [0.15, 0.2) is 24.3 Å². The number of hydrogen-bond acceptors (Lipinski definition) is 4. The largest absolute Gasteiger partial charge is 0.478 e. The Bertz CT molecular complexity index is 395. The average molecular weight is 250 g/mol. The van der Waals surface area contributed by atoms with Gasteiger partial charge in [0.15, 0.2) is 0 Å². The second kappa shape index (κ2) is 8.05. The van der Waals surface area contributed by atoms with Crippen molar-refractivity contribution in [3.05, 3.63) is 29.8 Å². The number of para-hydroxylation sites is 1. The van der Waals surface area contributed by atoms with Crippen molar-refractivity contribution in [3.63, 3.8) is 0 Å². The van der Waals surface area contributed by atoms with Crippen LogP contribution in [0.3, 0.4) is 0 Å². The van der Waals surface area contributed by atoms with E-state index in [1.807, 2.05) is 0 Å². The number of esters is 1. The smallest absolute Gasteiger partial charge is 0.339 e. The lowest BCUT2D eigenvalue weighted by Gasteiger charge is -2.06. The molecule has 17 heavy (non-hydrogen) atoms. The maximum Gasteiger partial charge on any atom is 0.339 e. The Morgan fingerprint density at radius 1 is 1.29 bits per heavy atom. The average Bonchev–Trinajstić information content (AvgIpc) is 2.27. The molecule has 0 aliphatic rings. The number of aromatic carboxylic acids is 1. The normalized spacial score (nSPS) is 9.24. The van der Waals surface area contributed by atoms with Gasteiger partial charge in [0.25, 0.3) is 0 Å². The van der Waals surface area contributed by atoms with Gasteiger partial charge in [-0.15, -0.1) is 0 Å². The van der Waals surface area contributed by atoms with Gasteiger partial charge < -0.3 is 15.6 Å². The minimum Gasteiger partial charge on any atom is -0.478 e. The van der Waals surface area contributed by atoms with Crippen LogP contribution in [0, 0.1) is 0 Å². The molecule has 0 spiro atoms. The highest BCUT2D eigenvalue weighted by Gasteiger charge is 2.13. The highest BCUT2D eigenvalue weighted by atomic mass is 24.3. The maximum atomic E-state index is 11.3. The first-order valence-corrected chi connectivity index (χ1v) is 4.88. The van der Waals surface area contributed by atoms with Crippen LogP contribution in [0.5, 0.6) is 5.75 Å². The van der Waals surface area contributed by atoms with E-state index in [1.54, 1.807) is 12.1 Å². The molecule has 0 fully saturated rings. The van der Waals surface area contributed by atoms with E-state index in [2.05, 4.69) is 0 Å². The summed E-state index contributed by atoms with van der Waals surface area (Å²) >= 11 is 0. The van der Waals surface area contributed by atoms with E-state index in [4.69, 9.17) is 15.6 Å². The molecule has 0 saturated heterocycles. The van der Waals surface area contributed by atoms with E-state index < -0.39 is 11.9 Å². The molecule has 0 heterocycles. The van der Waals surface area contributed by atoms with Crippen LogP contribution >= 0.6 is 0 Å². The summed E-state index contributed by atoms with van der Waals surface area (Å²) in [5.74, 6) is -1.53. The van der Waals surface area contributed by atoms with Crippen LogP contribution in [-0.2, 0) is 4.79 Å². The van der Waals surface area contributed by atoms with Crippen molar-refractivity contribution < 1.29 is 19.4 Å². The van der Waals surface area contributed by atoms with Crippen LogP contribution in [0.4, 0.5) is 0 Å². The van der Waals surface area contributed by atoms with Gasteiger partial charge in [-0.1, -0.05) is 12.1 Å². The molecule has 1 aromatic carbocycles. The van der Waals surface area contributed by atoms with Crippen molar-refractivity contribution in [1.29, 1.82) is 0 Å². The zero-order valence-corrected chi connectivity index (χ0v) is 8.68. The first-order chi connectivity index (χ1) is 7.65. The Morgan fingerprint density at radius 2 is 1.94 bits per heavy atom. The lowest BCUT2D eigenvalue weighted by Crippen LogP contribution is -2.12. The van der Waals surface area contributed by atoms with E-state index in [0.29, 0.717) is 13.0 Å². The molecule has 0 amide bonds. The second-order valence-electron chi connectivity index (χ2n) is 3.17. The molecule has 0 saturated carbocycles. The number of benzene rings is 1. The third-order valence-electron chi connectivity index (χ3n) is 1.93. The topological polar surface area (TPSA) is 89.6 Å². The summed E-state index contributed by atoms with van der Waals surface area (Å²) in [4.78, 5) is 22.1. The molecule has 0 aromatic heterocycles. The Hall–Kier alpha value is -1.11. The fraction of sp³-hybridized carbons (Fsp3) is 0.273. The molecule has 0 aliphatic carbocycles. The lowest BCUT2D eigenvalue weighted by atomic mass is 10.2. The fourth-order valence-corrected chi connectivity index (χ4v) is 1.15. The van der Waals surface area contributed by atoms with Gasteiger partial charge in [-0.2, -0.15) is 0 Å². The monoisotopic (exact) mass is 249 g/mol. The van der Waals surface area contributed by atoms with Crippen LogP contribution < -0.4 is 10.5 Å². The first-order valence-electron chi connectivity index (χ1n) is 4.88. The molecular weight excluding hydrogens is 234 g/mol. The van der Waals surface area contributed by atoms with E-state index >= 15 is 0 Å². The van der Waals surface area contributed by atoms with Crippen molar-refractivity contribution in [2.75, 3.05) is 6.54 Å². The number of rotatable bonds is 5. The van der Waals surface area contributed by atoms with Crippen molar-refractivity contribution in [3.8, 4) is 5.75 Å². The number of carbonyl (C=O) groups is 2. The molecule has 0 bridgehead atoms. The Kier molecular flexibility index (Phi) is 7.52. The molecule has 3 N–H and O–H groups in total. The van der Waals surface area contributed by atoms with E-state index in [9.17, 15) is 9.59 Å². The molecule has 0 radical (unpaired) electrons. The van der Waals surface area contributed by atoms with Gasteiger partial charge in [0, 0.05) is 6.42 Å². The van der Waals surface area contributed by atoms with Crippen LogP contribution in [-0.4, -0.2) is 46.6 Å². The number of carboxylic acid groups (broad SMARTS) is 1. The van der Waals surface area contributed by atoms with Crippen LogP contribution in [0.2, 0.25) is 0 Å². The number of carbonyl (C=O) groups excluding carboxylic acids is 1. The third-order valence-corrected chi connectivity index (χ3v) is 1.93. The Morgan fingerprint density at radius 3 is 2.53 bits per heavy atom. The minimum atomic E-state index is -1.12. The molecule has 1 rings (SSSR count). The van der Waals surface area contributed by atoms with Gasteiger partial charge in [-0.05, 0) is 25.1 Å². The zero-order valence-electron chi connectivity index (χ0n) is 8.68. The van der Waals surface area contributed by atoms with Gasteiger partial charge in [-0.25, -0.2) is 4.79 Å². The summed E-state index contributed by atoms with van der Waals surface area (Å²) in [7, 11) is 0. The summed E-state index contributed by atoms with van der Waals surface area (Å²) in [5.41, 5.74) is 5.22. The van der Waals surface area contributed by atoms with Crippen LogP contribution in [0.1, 0.15) is 23.2 Å². The van der Waals surface area contributed by atoms with Gasteiger partial charge in [0.05, 0.1) is 0 Å². The third kappa shape index (κ3) is 5.16. The molecule has 1 aromatic rings.